The number of benzene rings is 2. The topological polar surface area (TPSA) is 105 Å². The molecule has 0 heterocycles. The van der Waals surface area contributed by atoms with Crippen LogP contribution in [0.3, 0.4) is 0 Å². The first-order valence-electron chi connectivity index (χ1n) is 10.4. The highest BCUT2D eigenvalue weighted by atomic mass is 35.5. The maximum Gasteiger partial charge on any atom is 0.337 e. The monoisotopic (exact) mass is 474 g/mol. The Morgan fingerprint density at radius 3 is 2.50 bits per heavy atom. The molecule has 1 N–H and O–H groups in total. The van der Waals surface area contributed by atoms with Crippen LogP contribution in [0.4, 0.5) is 5.69 Å². The molecule has 168 valence electrons. The number of anilines is 1. The van der Waals surface area contributed by atoms with Crippen LogP contribution >= 0.6 is 11.6 Å². The Morgan fingerprint density at radius 2 is 1.94 bits per heavy atom. The lowest BCUT2D eigenvalue weighted by Crippen LogP contribution is -2.34. The number of nitrogens with zero attached hydrogens (tertiary/aromatic N) is 1. The molecule has 2 saturated carbocycles. The highest BCUT2D eigenvalue weighted by Gasteiger charge is 2.33. The van der Waals surface area contributed by atoms with Crippen molar-refractivity contribution < 1.29 is 22.7 Å². The van der Waals surface area contributed by atoms with Gasteiger partial charge in [-0.3, -0.25) is 4.72 Å². The van der Waals surface area contributed by atoms with Gasteiger partial charge in [0.25, 0.3) is 10.0 Å². The van der Waals surface area contributed by atoms with Crippen molar-refractivity contribution in [3.05, 3.63) is 52.0 Å². The van der Waals surface area contributed by atoms with Gasteiger partial charge in [-0.25, -0.2) is 13.2 Å². The third kappa shape index (κ3) is 4.41. The lowest BCUT2D eigenvalue weighted by Gasteiger charge is -2.34. The molecule has 0 aliphatic heterocycles. The zero-order chi connectivity index (χ0) is 23.0. The van der Waals surface area contributed by atoms with E-state index in [4.69, 9.17) is 21.1 Å². The van der Waals surface area contributed by atoms with Gasteiger partial charge in [0.1, 0.15) is 17.9 Å². The van der Waals surface area contributed by atoms with Crippen molar-refractivity contribution in [3.8, 4) is 11.8 Å². The van der Waals surface area contributed by atoms with E-state index in [1.165, 1.54) is 25.3 Å². The first-order valence-corrected chi connectivity index (χ1v) is 12.2. The molecule has 2 aromatic rings. The summed E-state index contributed by atoms with van der Waals surface area (Å²) in [6, 6.07) is 9.37. The maximum absolute atomic E-state index is 13.5. The van der Waals surface area contributed by atoms with Crippen molar-refractivity contribution >= 4 is 33.3 Å². The summed E-state index contributed by atoms with van der Waals surface area (Å²) in [6.45, 7) is 2.06. The molecule has 0 radical (unpaired) electrons. The Hall–Kier alpha value is -2.76. The van der Waals surface area contributed by atoms with Gasteiger partial charge in [0.05, 0.1) is 33.8 Å². The number of sulfonamides is 1. The van der Waals surface area contributed by atoms with E-state index in [1.807, 2.05) is 6.07 Å². The van der Waals surface area contributed by atoms with Gasteiger partial charge in [0.2, 0.25) is 0 Å². The number of hydrogen-bond acceptors (Lipinski definition) is 6. The van der Waals surface area contributed by atoms with E-state index < -0.39 is 16.0 Å². The van der Waals surface area contributed by atoms with E-state index in [2.05, 4.69) is 11.6 Å². The number of nitriles is 1. The van der Waals surface area contributed by atoms with Crippen molar-refractivity contribution in [3.63, 3.8) is 0 Å². The Bertz CT molecular complexity index is 1220. The molecule has 2 aromatic carbocycles. The summed E-state index contributed by atoms with van der Waals surface area (Å²) < 4.78 is 40.3. The predicted molar refractivity (Wildman–Crippen MR) is 120 cm³/mol. The van der Waals surface area contributed by atoms with Gasteiger partial charge in [-0.05, 0) is 61.3 Å². The summed E-state index contributed by atoms with van der Waals surface area (Å²) in [5.74, 6) is 0.114. The first-order chi connectivity index (χ1) is 15.2. The molecule has 9 heteroatoms. The van der Waals surface area contributed by atoms with Crippen LogP contribution in [0.1, 0.15) is 60.0 Å². The number of hydrogen-bond donors (Lipinski definition) is 1. The fourth-order valence-corrected chi connectivity index (χ4v) is 5.32. The van der Waals surface area contributed by atoms with Crippen LogP contribution in [0.15, 0.2) is 35.2 Å². The molecular weight excluding hydrogens is 452 g/mol. The van der Waals surface area contributed by atoms with Gasteiger partial charge in [-0.15, -0.1) is 0 Å². The molecule has 0 amide bonds. The van der Waals surface area contributed by atoms with Gasteiger partial charge < -0.3 is 9.47 Å². The van der Waals surface area contributed by atoms with Gasteiger partial charge in [-0.1, -0.05) is 24.6 Å². The van der Waals surface area contributed by atoms with Crippen molar-refractivity contribution in [2.45, 2.75) is 49.5 Å². The summed E-state index contributed by atoms with van der Waals surface area (Å²) in [6.07, 6.45) is 3.60. The predicted octanol–water partition coefficient (Wildman–Crippen LogP) is 4.85. The molecular formula is C23H23ClN2O5S. The quantitative estimate of drug-likeness (QED) is 0.575. The Labute approximate surface area is 192 Å². The molecule has 2 fully saturated rings. The largest absolute Gasteiger partial charge is 0.488 e. The molecule has 2 aliphatic carbocycles. The standard InChI is InChI=1S/C23H23ClN2O5S/c1-13-3-8-20(13)31-21-11-18(24)16(12-25)9-19(21)26-32(28,29)22-10-15(23(27)30-2)6-7-17(22)14-4-5-14/h6-7,9-11,13-14,20,26H,3-5,8H2,1-2H3. The fourth-order valence-electron chi connectivity index (χ4n) is 3.74. The maximum atomic E-state index is 13.5. The molecule has 32 heavy (non-hydrogen) atoms. The number of methoxy groups -OCH3 is 1. The summed E-state index contributed by atoms with van der Waals surface area (Å²) in [7, 11) is -2.86. The summed E-state index contributed by atoms with van der Waals surface area (Å²) in [5, 5.41) is 9.56. The third-order valence-electron chi connectivity index (χ3n) is 5.99. The zero-order valence-electron chi connectivity index (χ0n) is 17.7. The van der Waals surface area contributed by atoms with E-state index >= 15 is 0 Å². The van der Waals surface area contributed by atoms with E-state index in [0.29, 0.717) is 11.5 Å². The molecule has 0 spiro atoms. The van der Waals surface area contributed by atoms with Crippen molar-refractivity contribution in [2.24, 2.45) is 5.92 Å². The highest BCUT2D eigenvalue weighted by molar-refractivity contribution is 7.92. The summed E-state index contributed by atoms with van der Waals surface area (Å²) in [5.41, 5.74) is 1.06. The average molecular weight is 475 g/mol. The molecule has 0 aromatic heterocycles. The Kier molecular flexibility index (Phi) is 6.06. The lowest BCUT2D eigenvalue weighted by molar-refractivity contribution is 0.0583. The van der Waals surface area contributed by atoms with Gasteiger partial charge in [-0.2, -0.15) is 5.26 Å². The molecule has 2 aliphatic rings. The summed E-state index contributed by atoms with van der Waals surface area (Å²) >= 11 is 6.19. The minimum atomic E-state index is -4.10. The minimum Gasteiger partial charge on any atom is -0.488 e. The molecule has 2 atom stereocenters. The number of esters is 1. The number of nitrogens with one attached hydrogen (secondary N) is 1. The molecule has 4 rings (SSSR count). The number of halogens is 1. The first kappa shape index (κ1) is 22.4. The van der Waals surface area contributed by atoms with Crippen LogP contribution < -0.4 is 9.46 Å². The zero-order valence-corrected chi connectivity index (χ0v) is 19.3. The fraction of sp³-hybridized carbons (Fsp3) is 0.391. The van der Waals surface area contributed by atoms with E-state index in [1.54, 1.807) is 12.1 Å². The second-order valence-corrected chi connectivity index (χ2v) is 10.3. The third-order valence-corrected chi connectivity index (χ3v) is 7.73. The average Bonchev–Trinajstić information content (AvgIpc) is 3.62. The number of carbonyl (C=O) groups is 1. The lowest BCUT2D eigenvalue weighted by atomic mass is 9.83. The Balaban J connectivity index is 1.75. The normalized spacial score (nSPS) is 20.1. The van der Waals surface area contributed by atoms with Gasteiger partial charge in [0.15, 0.2) is 0 Å². The molecule has 0 bridgehead atoms. The van der Waals surface area contributed by atoms with Crippen LogP contribution in [-0.2, 0) is 14.8 Å². The van der Waals surface area contributed by atoms with Crippen LogP contribution in [0.2, 0.25) is 5.02 Å². The van der Waals surface area contributed by atoms with Crippen LogP contribution in [0.25, 0.3) is 0 Å². The van der Waals surface area contributed by atoms with E-state index in [9.17, 15) is 18.5 Å². The van der Waals surface area contributed by atoms with Gasteiger partial charge >= 0.3 is 5.97 Å². The highest BCUT2D eigenvalue weighted by Crippen LogP contribution is 2.44. The van der Waals surface area contributed by atoms with Crippen LogP contribution in [-0.4, -0.2) is 27.6 Å². The van der Waals surface area contributed by atoms with Crippen molar-refractivity contribution in [2.75, 3.05) is 11.8 Å². The smallest absolute Gasteiger partial charge is 0.337 e. The molecule has 7 nitrogen and oxygen atoms in total. The summed E-state index contributed by atoms with van der Waals surface area (Å²) in [4.78, 5) is 12.0. The van der Waals surface area contributed by atoms with Crippen molar-refractivity contribution in [1.29, 1.82) is 5.26 Å². The number of carbonyl (C=O) groups excluding carboxylic acids is 1. The van der Waals surface area contributed by atoms with E-state index in [0.717, 1.165) is 25.7 Å². The van der Waals surface area contributed by atoms with Crippen LogP contribution in [0.5, 0.6) is 5.75 Å². The van der Waals surface area contributed by atoms with E-state index in [-0.39, 0.29) is 44.5 Å². The minimum absolute atomic E-state index is 0.0133. The molecule has 2 unspecified atom stereocenters. The SMILES string of the molecule is COC(=O)c1ccc(C2CC2)c(S(=O)(=O)Nc2cc(C#N)c(Cl)cc2OC2CCC2C)c1. The van der Waals surface area contributed by atoms with Crippen LogP contribution in [0, 0.1) is 17.2 Å². The number of ether oxygens (including phenoxy) is 2. The van der Waals surface area contributed by atoms with Crippen molar-refractivity contribution in [1.82, 2.24) is 0 Å². The Morgan fingerprint density at radius 1 is 1.19 bits per heavy atom. The second-order valence-electron chi connectivity index (χ2n) is 8.27. The molecule has 0 saturated heterocycles. The second kappa shape index (κ2) is 8.64. The number of rotatable bonds is 7. The van der Waals surface area contributed by atoms with Gasteiger partial charge in [0, 0.05) is 6.07 Å².